The van der Waals surface area contributed by atoms with Crippen molar-refractivity contribution in [3.8, 4) is 0 Å². The fourth-order valence-corrected chi connectivity index (χ4v) is 2.72. The molecular weight excluding hydrogens is 267 g/mol. The first-order valence-electron chi connectivity index (χ1n) is 7.07. The Morgan fingerprint density at radius 1 is 1.19 bits per heavy atom. The topological polar surface area (TPSA) is 34.0 Å². The maximum absolute atomic E-state index is 13.3. The zero-order chi connectivity index (χ0) is 15.7. The highest BCUT2D eigenvalue weighted by molar-refractivity contribution is 6.05. The van der Waals surface area contributed by atoms with Crippen molar-refractivity contribution >= 4 is 11.6 Å². The summed E-state index contributed by atoms with van der Waals surface area (Å²) in [6, 6.07) is 6.55. The van der Waals surface area contributed by atoms with Gasteiger partial charge in [-0.1, -0.05) is 6.07 Å². The minimum absolute atomic E-state index is 0.205. The number of rotatable bonds is 3. The highest BCUT2D eigenvalue weighted by Crippen LogP contribution is 2.22. The fraction of sp³-hybridized carbons (Fsp3) is 0.353. The van der Waals surface area contributed by atoms with Gasteiger partial charge in [0, 0.05) is 23.1 Å². The van der Waals surface area contributed by atoms with Crippen LogP contribution in [0.2, 0.25) is 0 Å². The smallest absolute Gasteiger partial charge is 0.257 e. The second-order valence-corrected chi connectivity index (χ2v) is 5.66. The molecule has 3 nitrogen and oxygen atoms in total. The number of nitrogens with one attached hydrogen (secondary N) is 1. The van der Waals surface area contributed by atoms with Crippen LogP contribution in [0.4, 0.5) is 10.1 Å². The van der Waals surface area contributed by atoms with Crippen LogP contribution in [0, 0.1) is 26.6 Å². The predicted molar refractivity (Wildman–Crippen MR) is 83.4 cm³/mol. The Labute approximate surface area is 124 Å². The summed E-state index contributed by atoms with van der Waals surface area (Å²) in [4.78, 5) is 12.4. The minimum atomic E-state index is -0.358. The van der Waals surface area contributed by atoms with Crippen molar-refractivity contribution in [2.24, 2.45) is 0 Å². The van der Waals surface area contributed by atoms with Crippen molar-refractivity contribution in [2.75, 3.05) is 5.32 Å². The predicted octanol–water partition coefficient (Wildman–Crippen LogP) is 4.39. The van der Waals surface area contributed by atoms with Crippen LogP contribution >= 0.6 is 0 Å². The monoisotopic (exact) mass is 288 g/mol. The van der Waals surface area contributed by atoms with Gasteiger partial charge in [-0.3, -0.25) is 4.79 Å². The molecule has 4 heteroatoms. The minimum Gasteiger partial charge on any atom is -0.346 e. The number of aryl methyl sites for hydroxylation is 2. The number of hydrogen-bond acceptors (Lipinski definition) is 1. The van der Waals surface area contributed by atoms with Crippen molar-refractivity contribution in [1.29, 1.82) is 0 Å². The second kappa shape index (κ2) is 5.72. The SMILES string of the molecule is Cc1ccc(F)cc1NC(=O)c1cc(C)n(C(C)C)c1C. The van der Waals surface area contributed by atoms with Gasteiger partial charge in [0.2, 0.25) is 0 Å². The Bertz CT molecular complexity index is 686. The van der Waals surface area contributed by atoms with E-state index in [1.165, 1.54) is 12.1 Å². The lowest BCUT2D eigenvalue weighted by molar-refractivity contribution is 0.102. The molecule has 0 aliphatic rings. The maximum atomic E-state index is 13.3. The molecule has 0 spiro atoms. The number of halogens is 1. The number of nitrogens with zero attached hydrogens (tertiary/aromatic N) is 1. The van der Waals surface area contributed by atoms with E-state index in [4.69, 9.17) is 0 Å². The van der Waals surface area contributed by atoms with Crippen LogP contribution in [0.25, 0.3) is 0 Å². The zero-order valence-electron chi connectivity index (χ0n) is 13.1. The average Bonchev–Trinajstić information content (AvgIpc) is 2.69. The normalized spacial score (nSPS) is 11.0. The second-order valence-electron chi connectivity index (χ2n) is 5.66. The third-order valence-corrected chi connectivity index (χ3v) is 3.69. The zero-order valence-corrected chi connectivity index (χ0v) is 13.1. The number of anilines is 1. The van der Waals surface area contributed by atoms with Crippen LogP contribution in [0.3, 0.4) is 0 Å². The van der Waals surface area contributed by atoms with Gasteiger partial charge in [-0.15, -0.1) is 0 Å². The first-order chi connectivity index (χ1) is 9.81. The van der Waals surface area contributed by atoms with Crippen LogP contribution in [0.15, 0.2) is 24.3 Å². The fourth-order valence-electron chi connectivity index (χ4n) is 2.72. The van der Waals surface area contributed by atoms with Crippen LogP contribution in [-0.2, 0) is 0 Å². The van der Waals surface area contributed by atoms with Crippen LogP contribution in [0.5, 0.6) is 0 Å². The first-order valence-corrected chi connectivity index (χ1v) is 7.07. The maximum Gasteiger partial charge on any atom is 0.257 e. The molecule has 0 bridgehead atoms. The highest BCUT2D eigenvalue weighted by Gasteiger charge is 2.17. The molecule has 1 aromatic carbocycles. The summed E-state index contributed by atoms with van der Waals surface area (Å²) < 4.78 is 15.4. The lowest BCUT2D eigenvalue weighted by Crippen LogP contribution is -2.14. The summed E-state index contributed by atoms with van der Waals surface area (Å²) in [5.41, 5.74) is 3.94. The Morgan fingerprint density at radius 3 is 2.43 bits per heavy atom. The van der Waals surface area contributed by atoms with E-state index in [0.29, 0.717) is 17.3 Å². The molecule has 2 aromatic rings. The van der Waals surface area contributed by atoms with Gasteiger partial charge in [0.05, 0.1) is 5.56 Å². The molecule has 0 aliphatic heterocycles. The third kappa shape index (κ3) is 2.99. The van der Waals surface area contributed by atoms with E-state index >= 15 is 0 Å². The molecular formula is C17H21FN2O. The van der Waals surface area contributed by atoms with Crippen molar-refractivity contribution in [3.63, 3.8) is 0 Å². The molecule has 0 saturated carbocycles. The number of carbonyl (C=O) groups is 1. The summed E-state index contributed by atoms with van der Waals surface area (Å²) >= 11 is 0. The van der Waals surface area contributed by atoms with Crippen LogP contribution in [0.1, 0.15) is 47.2 Å². The van der Waals surface area contributed by atoms with E-state index in [2.05, 4.69) is 23.7 Å². The van der Waals surface area contributed by atoms with E-state index < -0.39 is 0 Å². The van der Waals surface area contributed by atoms with Gasteiger partial charge >= 0.3 is 0 Å². The molecule has 0 fully saturated rings. The van der Waals surface area contributed by atoms with Crippen LogP contribution in [-0.4, -0.2) is 10.5 Å². The summed E-state index contributed by atoms with van der Waals surface area (Å²) in [5, 5.41) is 2.80. The Balaban J connectivity index is 2.33. The molecule has 112 valence electrons. The van der Waals surface area contributed by atoms with Gasteiger partial charge in [-0.05, 0) is 58.4 Å². The molecule has 0 unspecified atom stereocenters. The van der Waals surface area contributed by atoms with Gasteiger partial charge in [0.15, 0.2) is 0 Å². The largest absolute Gasteiger partial charge is 0.346 e. The summed E-state index contributed by atoms with van der Waals surface area (Å²) in [5.74, 6) is -0.563. The van der Waals surface area contributed by atoms with Crippen molar-refractivity contribution in [1.82, 2.24) is 4.57 Å². The van der Waals surface area contributed by atoms with Gasteiger partial charge in [-0.25, -0.2) is 4.39 Å². The molecule has 1 amide bonds. The average molecular weight is 288 g/mol. The van der Waals surface area contributed by atoms with E-state index in [1.54, 1.807) is 6.07 Å². The summed E-state index contributed by atoms with van der Waals surface area (Å²) in [7, 11) is 0. The molecule has 0 radical (unpaired) electrons. The highest BCUT2D eigenvalue weighted by atomic mass is 19.1. The quantitative estimate of drug-likeness (QED) is 0.893. The number of benzene rings is 1. The summed E-state index contributed by atoms with van der Waals surface area (Å²) in [6.45, 7) is 9.92. The first kappa shape index (κ1) is 15.3. The van der Waals surface area contributed by atoms with E-state index in [9.17, 15) is 9.18 Å². The standard InChI is InChI=1S/C17H21FN2O/c1-10(2)20-12(4)8-15(13(20)5)17(21)19-16-9-14(18)7-6-11(16)3/h6-10H,1-5H3,(H,19,21). The van der Waals surface area contributed by atoms with E-state index in [1.807, 2.05) is 26.8 Å². The molecule has 0 aliphatic carbocycles. The van der Waals surface area contributed by atoms with Crippen LogP contribution < -0.4 is 5.32 Å². The van der Waals surface area contributed by atoms with E-state index in [0.717, 1.165) is 17.0 Å². The lowest BCUT2D eigenvalue weighted by atomic mass is 10.1. The molecule has 21 heavy (non-hydrogen) atoms. The van der Waals surface area contributed by atoms with Crippen molar-refractivity contribution in [2.45, 2.75) is 40.7 Å². The van der Waals surface area contributed by atoms with Gasteiger partial charge in [-0.2, -0.15) is 0 Å². The van der Waals surface area contributed by atoms with Gasteiger partial charge in [0.25, 0.3) is 5.91 Å². The molecule has 1 N–H and O–H groups in total. The Morgan fingerprint density at radius 2 is 1.86 bits per heavy atom. The number of hydrogen-bond donors (Lipinski definition) is 1. The molecule has 1 aromatic heterocycles. The molecule has 0 atom stereocenters. The van der Waals surface area contributed by atoms with Gasteiger partial charge < -0.3 is 9.88 Å². The number of carbonyl (C=O) groups excluding carboxylic acids is 1. The Hall–Kier alpha value is -2.10. The van der Waals surface area contributed by atoms with Crippen molar-refractivity contribution < 1.29 is 9.18 Å². The lowest BCUT2D eigenvalue weighted by Gasteiger charge is -2.14. The van der Waals surface area contributed by atoms with E-state index in [-0.39, 0.29) is 11.7 Å². The third-order valence-electron chi connectivity index (χ3n) is 3.69. The Kier molecular flexibility index (Phi) is 4.16. The van der Waals surface area contributed by atoms with Crippen molar-refractivity contribution in [3.05, 3.63) is 52.6 Å². The molecule has 0 saturated heterocycles. The number of amides is 1. The molecule has 1 heterocycles. The molecule has 2 rings (SSSR count). The summed E-state index contributed by atoms with van der Waals surface area (Å²) in [6.07, 6.45) is 0. The number of aromatic nitrogens is 1. The van der Waals surface area contributed by atoms with Gasteiger partial charge in [0.1, 0.15) is 5.82 Å².